The minimum Gasteiger partial charge on any atom is -0.350 e. The Hall–Kier alpha value is -3.56. The largest absolute Gasteiger partial charge is 0.350 e. The van der Waals surface area contributed by atoms with E-state index in [0.29, 0.717) is 18.3 Å². The van der Waals surface area contributed by atoms with Crippen molar-refractivity contribution in [1.29, 1.82) is 0 Å². The van der Waals surface area contributed by atoms with Crippen LogP contribution < -0.4 is 5.69 Å². The van der Waals surface area contributed by atoms with Gasteiger partial charge in [0.1, 0.15) is 0 Å². The van der Waals surface area contributed by atoms with Crippen molar-refractivity contribution in [3.63, 3.8) is 0 Å². The smallest absolute Gasteiger partial charge is 0.329 e. The van der Waals surface area contributed by atoms with Crippen LogP contribution in [0.1, 0.15) is 63.4 Å². The molecule has 2 heterocycles. The molecule has 196 valence electrons. The van der Waals surface area contributed by atoms with Crippen LogP contribution in [0.5, 0.6) is 0 Å². The molecule has 2 aromatic carbocycles. The van der Waals surface area contributed by atoms with Gasteiger partial charge in [-0.3, -0.25) is 9.13 Å². The van der Waals surface area contributed by atoms with Gasteiger partial charge in [0, 0.05) is 31.5 Å². The van der Waals surface area contributed by atoms with Crippen LogP contribution in [0.2, 0.25) is 0 Å². The molecule has 4 aromatic rings. The molecule has 0 bridgehead atoms. The van der Waals surface area contributed by atoms with Gasteiger partial charge in [0.2, 0.25) is 0 Å². The van der Waals surface area contributed by atoms with Crippen LogP contribution in [0.25, 0.3) is 22.5 Å². The topological polar surface area (TPSA) is 99.8 Å². The zero-order chi connectivity index (χ0) is 26.5. The fourth-order valence-electron chi connectivity index (χ4n) is 4.73. The third-order valence-electron chi connectivity index (χ3n) is 6.58. The molecule has 0 saturated carbocycles. The first-order valence-corrected chi connectivity index (χ1v) is 12.7. The molecule has 0 aliphatic carbocycles. The minimum atomic E-state index is -0.608. The second-order valence-electron chi connectivity index (χ2n) is 9.89. The molecular formula is C28H36N6O3. The number of benzene rings is 2. The Bertz CT molecular complexity index is 1350. The van der Waals surface area contributed by atoms with E-state index in [4.69, 9.17) is 9.47 Å². The Morgan fingerprint density at radius 1 is 0.946 bits per heavy atom. The molecule has 0 unspecified atom stereocenters. The van der Waals surface area contributed by atoms with Crippen molar-refractivity contribution in [3.8, 4) is 22.5 Å². The molecule has 0 spiro atoms. The van der Waals surface area contributed by atoms with Gasteiger partial charge in [0.15, 0.2) is 12.1 Å². The Balaban J connectivity index is 1.73. The predicted octanol–water partition coefficient (Wildman–Crippen LogP) is 5.01. The number of hydrogen-bond donors (Lipinski definition) is 1. The average Bonchev–Trinajstić information content (AvgIpc) is 3.52. The third kappa shape index (κ3) is 5.57. The molecule has 0 fully saturated rings. The van der Waals surface area contributed by atoms with Gasteiger partial charge in [0.05, 0.1) is 12.2 Å². The highest BCUT2D eigenvalue weighted by molar-refractivity contribution is 5.80. The molecule has 37 heavy (non-hydrogen) atoms. The van der Waals surface area contributed by atoms with Crippen molar-refractivity contribution in [1.82, 2.24) is 29.8 Å². The van der Waals surface area contributed by atoms with E-state index in [1.54, 1.807) is 14.2 Å². The number of imidazole rings is 1. The molecule has 0 radical (unpaired) electrons. The molecule has 2 aromatic heterocycles. The minimum absolute atomic E-state index is 0.0289. The van der Waals surface area contributed by atoms with Gasteiger partial charge in [0.25, 0.3) is 0 Å². The number of methoxy groups -OCH3 is 2. The van der Waals surface area contributed by atoms with E-state index < -0.39 is 6.29 Å². The average molecular weight is 505 g/mol. The number of nitrogens with one attached hydrogen (secondary N) is 1. The molecule has 0 aliphatic heterocycles. The van der Waals surface area contributed by atoms with Crippen molar-refractivity contribution >= 4 is 0 Å². The first-order valence-electron chi connectivity index (χ1n) is 12.7. The summed E-state index contributed by atoms with van der Waals surface area (Å²) in [5, 5.41) is 14.3. The van der Waals surface area contributed by atoms with Gasteiger partial charge in [-0.1, -0.05) is 62.4 Å². The zero-order valence-electron chi connectivity index (χ0n) is 22.4. The van der Waals surface area contributed by atoms with Crippen molar-refractivity contribution in [2.45, 2.75) is 59.4 Å². The fraction of sp³-hybridized carbons (Fsp3) is 0.429. The van der Waals surface area contributed by atoms with Gasteiger partial charge in [-0.25, -0.2) is 9.89 Å². The summed E-state index contributed by atoms with van der Waals surface area (Å²) in [6.07, 6.45) is 1.12. The highest BCUT2D eigenvalue weighted by Gasteiger charge is 2.28. The first-order chi connectivity index (χ1) is 17.8. The molecular weight excluding hydrogens is 468 g/mol. The summed E-state index contributed by atoms with van der Waals surface area (Å²) in [7, 11) is 3.22. The summed E-state index contributed by atoms with van der Waals surface area (Å²) in [6.45, 7) is 8.88. The number of ether oxygens (including phenoxy) is 2. The van der Waals surface area contributed by atoms with Crippen molar-refractivity contribution in [2.75, 3.05) is 14.2 Å². The lowest BCUT2D eigenvalue weighted by atomic mass is 9.98. The molecule has 9 nitrogen and oxygen atoms in total. The normalized spacial score (nSPS) is 11.8. The molecule has 0 saturated heterocycles. The summed E-state index contributed by atoms with van der Waals surface area (Å²) >= 11 is 0. The lowest BCUT2D eigenvalue weighted by molar-refractivity contribution is -0.111. The Morgan fingerprint density at radius 2 is 1.62 bits per heavy atom. The molecule has 0 aliphatic rings. The van der Waals surface area contributed by atoms with E-state index in [1.807, 2.05) is 47.2 Å². The maximum atomic E-state index is 13.7. The number of aromatic amines is 1. The van der Waals surface area contributed by atoms with Crippen LogP contribution in [-0.2, 0) is 22.4 Å². The Morgan fingerprint density at radius 3 is 2.19 bits per heavy atom. The molecule has 0 atom stereocenters. The van der Waals surface area contributed by atoms with Crippen LogP contribution >= 0.6 is 0 Å². The van der Waals surface area contributed by atoms with E-state index in [1.165, 1.54) is 0 Å². The van der Waals surface area contributed by atoms with Crippen LogP contribution in [0.15, 0.2) is 53.3 Å². The van der Waals surface area contributed by atoms with E-state index in [9.17, 15) is 4.79 Å². The van der Waals surface area contributed by atoms with Gasteiger partial charge in [-0.15, -0.1) is 5.10 Å². The summed E-state index contributed by atoms with van der Waals surface area (Å²) in [6, 6.07) is 16.3. The second-order valence-corrected chi connectivity index (χ2v) is 9.89. The number of nitrogens with zero attached hydrogens (tertiary/aromatic N) is 5. The lowest BCUT2D eigenvalue weighted by Gasteiger charge is -2.20. The Labute approximate surface area is 217 Å². The molecule has 4 rings (SSSR count). The SMILES string of the molecule is COC(OC)c1c(CCC(C)C)n(Cc2ccc(-c3ccccc3-c3nnn[nH]3)cc2)c(=O)n1C(C)C. The summed E-state index contributed by atoms with van der Waals surface area (Å²) in [5.41, 5.74) is 5.76. The maximum absolute atomic E-state index is 13.7. The number of H-pyrrole nitrogens is 1. The zero-order valence-corrected chi connectivity index (χ0v) is 22.4. The van der Waals surface area contributed by atoms with E-state index >= 15 is 0 Å². The monoisotopic (exact) mass is 504 g/mol. The van der Waals surface area contributed by atoms with Crippen LogP contribution in [-0.4, -0.2) is 44.0 Å². The van der Waals surface area contributed by atoms with E-state index in [2.05, 4.69) is 58.7 Å². The van der Waals surface area contributed by atoms with E-state index in [-0.39, 0.29) is 11.7 Å². The lowest BCUT2D eigenvalue weighted by Crippen LogP contribution is -2.28. The van der Waals surface area contributed by atoms with Crippen LogP contribution in [0.4, 0.5) is 0 Å². The van der Waals surface area contributed by atoms with Gasteiger partial charge >= 0.3 is 5.69 Å². The van der Waals surface area contributed by atoms with Gasteiger partial charge < -0.3 is 9.47 Å². The molecule has 0 amide bonds. The number of aromatic nitrogens is 6. The molecule has 1 N–H and O–H groups in total. The number of tetrazole rings is 1. The fourth-order valence-corrected chi connectivity index (χ4v) is 4.73. The van der Waals surface area contributed by atoms with Crippen molar-refractivity contribution in [3.05, 3.63) is 76.0 Å². The summed E-state index contributed by atoms with van der Waals surface area (Å²) in [5.74, 6) is 1.12. The van der Waals surface area contributed by atoms with Crippen LogP contribution in [0.3, 0.4) is 0 Å². The predicted molar refractivity (Wildman–Crippen MR) is 143 cm³/mol. The standard InChI is InChI=1S/C28H36N6O3/c1-18(2)11-16-24-25(27(36-5)37-6)34(19(3)4)28(35)33(24)17-20-12-14-21(15-13-20)22-9-7-8-10-23(22)26-29-31-32-30-26/h7-10,12-15,18-19,27H,11,16-17H2,1-6H3,(H,29,30,31,32). The summed E-state index contributed by atoms with van der Waals surface area (Å²) in [4.78, 5) is 13.7. The summed E-state index contributed by atoms with van der Waals surface area (Å²) < 4.78 is 15.0. The maximum Gasteiger partial charge on any atom is 0.329 e. The molecule has 9 heteroatoms. The Kier molecular flexibility index (Phi) is 8.35. The third-order valence-corrected chi connectivity index (χ3v) is 6.58. The first kappa shape index (κ1) is 26.5. The van der Waals surface area contributed by atoms with Crippen molar-refractivity contribution < 1.29 is 9.47 Å². The highest BCUT2D eigenvalue weighted by atomic mass is 16.7. The van der Waals surface area contributed by atoms with Gasteiger partial charge in [-0.05, 0) is 59.7 Å². The van der Waals surface area contributed by atoms with Crippen molar-refractivity contribution in [2.24, 2.45) is 5.92 Å². The number of rotatable bonds is 11. The quantitative estimate of drug-likeness (QED) is 0.288. The van der Waals surface area contributed by atoms with Gasteiger partial charge in [-0.2, -0.15) is 0 Å². The van der Waals surface area contributed by atoms with E-state index in [0.717, 1.165) is 46.5 Å². The highest BCUT2D eigenvalue weighted by Crippen LogP contribution is 2.30. The second kappa shape index (κ2) is 11.7. The van der Waals surface area contributed by atoms with Crippen LogP contribution in [0, 0.1) is 5.92 Å². The number of hydrogen-bond acceptors (Lipinski definition) is 6.